The number of sulfonamides is 1. The van der Waals surface area contributed by atoms with Crippen LogP contribution in [-0.4, -0.2) is 73.7 Å². The SMILES string of the molecule is Cc1ccc(S(=O)(=O)N2CCN([C@@H](C)C(=O)N3CCCCCC3)CC2)cc1C. The van der Waals surface area contributed by atoms with Gasteiger partial charge in [-0.3, -0.25) is 9.69 Å². The monoisotopic (exact) mass is 407 g/mol. The molecule has 0 saturated carbocycles. The van der Waals surface area contributed by atoms with Crippen molar-refractivity contribution < 1.29 is 13.2 Å². The molecule has 2 aliphatic heterocycles. The van der Waals surface area contributed by atoms with Crippen LogP contribution in [0.25, 0.3) is 0 Å². The van der Waals surface area contributed by atoms with Crippen molar-refractivity contribution in [1.82, 2.24) is 14.1 Å². The molecule has 0 unspecified atom stereocenters. The summed E-state index contributed by atoms with van der Waals surface area (Å²) in [5, 5.41) is 0. The van der Waals surface area contributed by atoms with Crippen molar-refractivity contribution >= 4 is 15.9 Å². The first kappa shape index (κ1) is 21.3. The molecule has 1 aromatic carbocycles. The molecule has 7 heteroatoms. The van der Waals surface area contributed by atoms with Gasteiger partial charge in [-0.05, 0) is 56.9 Å². The number of amides is 1. The number of nitrogens with zero attached hydrogens (tertiary/aromatic N) is 3. The van der Waals surface area contributed by atoms with Crippen LogP contribution in [0.3, 0.4) is 0 Å². The Balaban J connectivity index is 1.61. The van der Waals surface area contributed by atoms with E-state index < -0.39 is 10.0 Å². The summed E-state index contributed by atoms with van der Waals surface area (Å²) in [6.07, 6.45) is 4.57. The van der Waals surface area contributed by atoms with Crippen molar-refractivity contribution in [3.63, 3.8) is 0 Å². The maximum Gasteiger partial charge on any atom is 0.243 e. The Bertz CT molecular complexity index is 793. The minimum atomic E-state index is -3.48. The summed E-state index contributed by atoms with van der Waals surface area (Å²) in [5.41, 5.74) is 2.07. The van der Waals surface area contributed by atoms with Gasteiger partial charge in [0.2, 0.25) is 15.9 Å². The molecule has 0 N–H and O–H groups in total. The van der Waals surface area contributed by atoms with Crippen LogP contribution in [-0.2, 0) is 14.8 Å². The van der Waals surface area contributed by atoms with Crippen LogP contribution in [0.15, 0.2) is 23.1 Å². The third kappa shape index (κ3) is 4.58. The van der Waals surface area contributed by atoms with E-state index in [0.29, 0.717) is 31.1 Å². The van der Waals surface area contributed by atoms with Crippen molar-refractivity contribution in [3.05, 3.63) is 29.3 Å². The van der Waals surface area contributed by atoms with Crippen molar-refractivity contribution in [2.75, 3.05) is 39.3 Å². The summed E-state index contributed by atoms with van der Waals surface area (Å²) >= 11 is 0. The van der Waals surface area contributed by atoms with Crippen LogP contribution in [0.1, 0.15) is 43.7 Å². The first-order chi connectivity index (χ1) is 13.3. The van der Waals surface area contributed by atoms with Crippen LogP contribution in [0.4, 0.5) is 0 Å². The second kappa shape index (κ2) is 8.93. The molecule has 2 saturated heterocycles. The third-order valence-corrected chi connectivity index (χ3v) is 8.11. The van der Waals surface area contributed by atoms with Gasteiger partial charge >= 0.3 is 0 Å². The Morgan fingerprint density at radius 3 is 2.07 bits per heavy atom. The smallest absolute Gasteiger partial charge is 0.243 e. The molecule has 156 valence electrons. The Kier molecular flexibility index (Phi) is 6.78. The lowest BCUT2D eigenvalue weighted by molar-refractivity contribution is -0.136. The van der Waals surface area contributed by atoms with Gasteiger partial charge < -0.3 is 4.90 Å². The van der Waals surface area contributed by atoms with Gasteiger partial charge in [-0.2, -0.15) is 4.31 Å². The summed E-state index contributed by atoms with van der Waals surface area (Å²) in [4.78, 5) is 17.4. The topological polar surface area (TPSA) is 60.9 Å². The fourth-order valence-corrected chi connectivity index (χ4v) is 5.57. The van der Waals surface area contributed by atoms with Gasteiger partial charge in [-0.1, -0.05) is 18.9 Å². The highest BCUT2D eigenvalue weighted by Crippen LogP contribution is 2.21. The van der Waals surface area contributed by atoms with Gasteiger partial charge in [0.1, 0.15) is 0 Å². The number of benzene rings is 1. The lowest BCUT2D eigenvalue weighted by Gasteiger charge is -2.38. The maximum atomic E-state index is 13.0. The number of rotatable bonds is 4. The molecule has 0 spiro atoms. The third-order valence-electron chi connectivity index (χ3n) is 6.21. The largest absolute Gasteiger partial charge is 0.341 e. The zero-order chi connectivity index (χ0) is 20.3. The van der Waals surface area contributed by atoms with Gasteiger partial charge in [0, 0.05) is 39.3 Å². The number of carbonyl (C=O) groups is 1. The first-order valence-electron chi connectivity index (χ1n) is 10.4. The number of hydrogen-bond donors (Lipinski definition) is 0. The molecule has 6 nitrogen and oxygen atoms in total. The van der Waals surface area contributed by atoms with E-state index in [9.17, 15) is 13.2 Å². The Hall–Kier alpha value is -1.44. The van der Waals surface area contributed by atoms with Crippen LogP contribution in [0, 0.1) is 13.8 Å². The number of hydrogen-bond acceptors (Lipinski definition) is 4. The fraction of sp³-hybridized carbons (Fsp3) is 0.667. The van der Waals surface area contributed by atoms with Crippen LogP contribution in [0.5, 0.6) is 0 Å². The average molecular weight is 408 g/mol. The molecule has 1 aromatic rings. The van der Waals surface area contributed by atoms with E-state index in [-0.39, 0.29) is 11.9 Å². The van der Waals surface area contributed by atoms with E-state index >= 15 is 0 Å². The van der Waals surface area contributed by atoms with E-state index in [0.717, 1.165) is 37.1 Å². The molecular weight excluding hydrogens is 374 g/mol. The van der Waals surface area contributed by atoms with Crippen LogP contribution in [0.2, 0.25) is 0 Å². The predicted octanol–water partition coefficient (Wildman–Crippen LogP) is 2.40. The molecule has 28 heavy (non-hydrogen) atoms. The molecule has 2 aliphatic rings. The average Bonchev–Trinajstić information content (AvgIpc) is 2.98. The first-order valence-corrected chi connectivity index (χ1v) is 11.8. The Morgan fingerprint density at radius 1 is 0.893 bits per heavy atom. The van der Waals surface area contributed by atoms with Gasteiger partial charge in [-0.25, -0.2) is 8.42 Å². The van der Waals surface area contributed by atoms with Crippen molar-refractivity contribution in [3.8, 4) is 0 Å². The molecule has 0 radical (unpaired) electrons. The quantitative estimate of drug-likeness (QED) is 0.769. The molecule has 1 atom stereocenters. The highest BCUT2D eigenvalue weighted by molar-refractivity contribution is 7.89. The number of likely N-dealkylation sites (tertiary alicyclic amines) is 1. The minimum Gasteiger partial charge on any atom is -0.341 e. The number of carbonyl (C=O) groups excluding carboxylic acids is 1. The van der Waals surface area contributed by atoms with Crippen molar-refractivity contribution in [2.24, 2.45) is 0 Å². The standard InChI is InChI=1S/C21H33N3O3S/c1-17-8-9-20(16-18(17)2)28(26,27)24-14-12-22(13-15-24)19(3)21(25)23-10-6-4-5-7-11-23/h8-9,16,19H,4-7,10-15H2,1-3H3/t19-/m0/s1. The maximum absolute atomic E-state index is 13.0. The Labute approximate surface area is 169 Å². The number of aryl methyl sites for hydroxylation is 2. The van der Waals surface area contributed by atoms with E-state index in [1.165, 1.54) is 12.8 Å². The zero-order valence-corrected chi connectivity index (χ0v) is 18.2. The summed E-state index contributed by atoms with van der Waals surface area (Å²) in [5.74, 6) is 0.187. The van der Waals surface area contributed by atoms with Gasteiger partial charge in [0.15, 0.2) is 0 Å². The molecule has 3 rings (SSSR count). The molecule has 1 amide bonds. The van der Waals surface area contributed by atoms with E-state index in [4.69, 9.17) is 0 Å². The second-order valence-electron chi connectivity index (χ2n) is 8.10. The normalized spacial score (nSPS) is 21.3. The molecule has 0 aliphatic carbocycles. The highest BCUT2D eigenvalue weighted by Gasteiger charge is 2.33. The van der Waals surface area contributed by atoms with Crippen LogP contribution < -0.4 is 0 Å². The molecule has 2 heterocycles. The lowest BCUT2D eigenvalue weighted by atomic mass is 10.1. The fourth-order valence-electron chi connectivity index (χ4n) is 4.07. The molecule has 0 bridgehead atoms. The van der Waals surface area contributed by atoms with Crippen LogP contribution >= 0.6 is 0 Å². The lowest BCUT2D eigenvalue weighted by Crippen LogP contribution is -2.55. The summed E-state index contributed by atoms with van der Waals surface area (Å²) in [7, 11) is -3.48. The molecule has 2 fully saturated rings. The van der Waals surface area contributed by atoms with Crippen molar-refractivity contribution in [1.29, 1.82) is 0 Å². The van der Waals surface area contributed by atoms with E-state index in [2.05, 4.69) is 4.90 Å². The summed E-state index contributed by atoms with van der Waals surface area (Å²) < 4.78 is 27.5. The highest BCUT2D eigenvalue weighted by atomic mass is 32.2. The van der Waals surface area contributed by atoms with Gasteiger partial charge in [0.25, 0.3) is 0 Å². The summed E-state index contributed by atoms with van der Waals surface area (Å²) in [6.45, 7) is 9.60. The number of piperazine rings is 1. The van der Waals surface area contributed by atoms with E-state index in [1.54, 1.807) is 16.4 Å². The van der Waals surface area contributed by atoms with Gasteiger partial charge in [0.05, 0.1) is 10.9 Å². The second-order valence-corrected chi connectivity index (χ2v) is 10.0. The minimum absolute atomic E-state index is 0.187. The molecule has 0 aromatic heterocycles. The van der Waals surface area contributed by atoms with Crippen molar-refractivity contribution in [2.45, 2.75) is 57.4 Å². The van der Waals surface area contributed by atoms with Gasteiger partial charge in [-0.15, -0.1) is 0 Å². The van der Waals surface area contributed by atoms with E-state index in [1.807, 2.05) is 31.7 Å². The molecular formula is C21H33N3O3S. The Morgan fingerprint density at radius 2 is 1.50 bits per heavy atom. The summed E-state index contributed by atoms with van der Waals surface area (Å²) in [6, 6.07) is 5.11. The zero-order valence-electron chi connectivity index (χ0n) is 17.4. The predicted molar refractivity (Wildman–Crippen MR) is 111 cm³/mol.